The van der Waals surface area contributed by atoms with Gasteiger partial charge in [-0.15, -0.1) is 0 Å². The number of methoxy groups -OCH3 is 1. The van der Waals surface area contributed by atoms with E-state index in [0.29, 0.717) is 41.5 Å². The number of nitrogens with one attached hydrogen (secondary N) is 4. The Labute approximate surface area is 252 Å². The molecule has 0 saturated heterocycles. The van der Waals surface area contributed by atoms with Crippen LogP contribution < -0.4 is 30.3 Å². The van der Waals surface area contributed by atoms with Gasteiger partial charge in [-0.1, -0.05) is 37.2 Å². The first-order chi connectivity index (χ1) is 20.0. The summed E-state index contributed by atoms with van der Waals surface area (Å²) in [6, 6.07) is 10.4. The number of amides is 1. The zero-order valence-corrected chi connectivity index (χ0v) is 25.9. The van der Waals surface area contributed by atoms with E-state index in [1.807, 2.05) is 32.1 Å². The number of aromatic nitrogens is 2. The third-order valence-electron chi connectivity index (χ3n) is 5.96. The number of hydrogen-bond donors (Lipinski definition) is 4. The predicted octanol–water partition coefficient (Wildman–Crippen LogP) is 4.90. The summed E-state index contributed by atoms with van der Waals surface area (Å²) in [7, 11) is 3.92. The number of sulfonamides is 1. The molecule has 42 heavy (non-hydrogen) atoms. The number of halogens is 1. The van der Waals surface area contributed by atoms with Gasteiger partial charge in [0.1, 0.15) is 10.8 Å². The number of benzene rings is 2. The molecular weight excluding hydrogens is 580 g/mol. The number of likely N-dealkylation sites (N-methyl/N-ethyl adjacent to an activating group) is 2. The van der Waals surface area contributed by atoms with Gasteiger partial charge in [0, 0.05) is 26.2 Å². The molecule has 0 aliphatic rings. The highest BCUT2D eigenvalue weighted by molar-refractivity contribution is 7.92. The number of rotatable bonds is 15. The fourth-order valence-corrected chi connectivity index (χ4v) is 5.13. The first-order valence-corrected chi connectivity index (χ1v) is 15.2. The maximum Gasteiger partial charge on any atom is 0.247 e. The molecule has 3 aromatic rings. The van der Waals surface area contributed by atoms with Crippen molar-refractivity contribution in [1.29, 1.82) is 0 Å². The minimum Gasteiger partial charge on any atom is -0.494 e. The highest BCUT2D eigenvalue weighted by Gasteiger charge is 2.18. The zero-order chi connectivity index (χ0) is 30.9. The SMILES string of the molecule is C=CC(=O)Nc1cc(Nc2ncc(Cl)c(Nc3ccccc3NS(=O)(=O)CCC)n2)c(OC)cc1N(C)CCN(C)C. The fourth-order valence-electron chi connectivity index (χ4n) is 3.84. The van der Waals surface area contributed by atoms with E-state index in [0.717, 1.165) is 12.2 Å². The summed E-state index contributed by atoms with van der Waals surface area (Å²) in [4.78, 5) is 25.1. The molecule has 4 N–H and O–H groups in total. The number of para-hydroxylation sites is 2. The van der Waals surface area contributed by atoms with E-state index in [1.165, 1.54) is 12.3 Å². The Morgan fingerprint density at radius 1 is 1.07 bits per heavy atom. The van der Waals surface area contributed by atoms with Crippen LogP contribution in [-0.2, 0) is 14.8 Å². The van der Waals surface area contributed by atoms with E-state index >= 15 is 0 Å². The quantitative estimate of drug-likeness (QED) is 0.174. The average Bonchev–Trinajstić information content (AvgIpc) is 2.94. The van der Waals surface area contributed by atoms with Crippen LogP contribution in [0.25, 0.3) is 0 Å². The predicted molar refractivity (Wildman–Crippen MR) is 171 cm³/mol. The van der Waals surface area contributed by atoms with Crippen molar-refractivity contribution in [1.82, 2.24) is 14.9 Å². The van der Waals surface area contributed by atoms with Crippen molar-refractivity contribution in [3.05, 3.63) is 60.3 Å². The second kappa shape index (κ2) is 14.7. The van der Waals surface area contributed by atoms with E-state index in [4.69, 9.17) is 16.3 Å². The summed E-state index contributed by atoms with van der Waals surface area (Å²) in [5.41, 5.74) is 2.58. The lowest BCUT2D eigenvalue weighted by Crippen LogP contribution is -2.29. The second-order valence-corrected chi connectivity index (χ2v) is 11.8. The van der Waals surface area contributed by atoms with Gasteiger partial charge in [0.25, 0.3) is 0 Å². The van der Waals surface area contributed by atoms with Crippen LogP contribution in [0.1, 0.15) is 13.3 Å². The van der Waals surface area contributed by atoms with Crippen LogP contribution in [0.15, 0.2) is 55.3 Å². The number of hydrogen-bond acceptors (Lipinski definition) is 10. The normalized spacial score (nSPS) is 11.1. The summed E-state index contributed by atoms with van der Waals surface area (Å²) in [5, 5.41) is 9.30. The summed E-state index contributed by atoms with van der Waals surface area (Å²) >= 11 is 6.40. The van der Waals surface area contributed by atoms with Crippen LogP contribution in [0.2, 0.25) is 5.02 Å². The summed E-state index contributed by atoms with van der Waals surface area (Å²) in [5.74, 6) is 0.539. The number of carbonyl (C=O) groups excluding carboxylic acids is 1. The van der Waals surface area contributed by atoms with E-state index in [1.54, 1.807) is 44.4 Å². The van der Waals surface area contributed by atoms with Crippen LogP contribution in [0.4, 0.5) is 40.2 Å². The van der Waals surface area contributed by atoms with Crippen LogP contribution >= 0.6 is 11.6 Å². The first-order valence-electron chi connectivity index (χ1n) is 13.1. The Morgan fingerprint density at radius 3 is 2.43 bits per heavy atom. The maximum absolute atomic E-state index is 12.4. The summed E-state index contributed by atoms with van der Waals surface area (Å²) in [6.07, 6.45) is 3.09. The number of anilines is 7. The largest absolute Gasteiger partial charge is 0.494 e. The van der Waals surface area contributed by atoms with E-state index < -0.39 is 10.0 Å². The first kappa shape index (κ1) is 32.4. The van der Waals surface area contributed by atoms with Gasteiger partial charge in [-0.05, 0) is 44.8 Å². The molecule has 0 unspecified atom stereocenters. The molecule has 226 valence electrons. The molecule has 12 nitrogen and oxygen atoms in total. The van der Waals surface area contributed by atoms with Gasteiger partial charge in [0.2, 0.25) is 21.9 Å². The molecule has 0 saturated carbocycles. The van der Waals surface area contributed by atoms with Gasteiger partial charge in [-0.25, -0.2) is 13.4 Å². The van der Waals surface area contributed by atoms with Gasteiger partial charge in [0.05, 0.1) is 47.5 Å². The van der Waals surface area contributed by atoms with Crippen molar-refractivity contribution < 1.29 is 17.9 Å². The Bertz CT molecular complexity index is 1520. The molecule has 0 aliphatic carbocycles. The average molecular weight is 617 g/mol. The second-order valence-electron chi connectivity index (χ2n) is 9.59. The molecule has 2 aromatic carbocycles. The van der Waals surface area contributed by atoms with E-state index in [2.05, 4.69) is 42.1 Å². The standard InChI is InChI=1S/C28H37ClN8O4S/c1-7-15-42(39,40)35-21-12-10-9-11-20(21)32-27-19(29)18-30-28(34-27)33-23-16-22(31-26(38)8-2)24(17-25(23)41-6)37(5)14-13-36(3)4/h8-12,16-18,35H,2,7,13-15H2,1,3-6H3,(H,31,38)(H2,30,32,33,34). The van der Waals surface area contributed by atoms with E-state index in [9.17, 15) is 13.2 Å². The molecule has 0 bridgehead atoms. The van der Waals surface area contributed by atoms with Gasteiger partial charge < -0.3 is 30.5 Å². The molecule has 0 spiro atoms. The molecule has 0 atom stereocenters. The van der Waals surface area contributed by atoms with Crippen LogP contribution in [0.5, 0.6) is 5.75 Å². The molecule has 3 rings (SSSR count). The van der Waals surface area contributed by atoms with Crippen molar-refractivity contribution in [2.75, 3.05) is 72.7 Å². The third-order valence-corrected chi connectivity index (χ3v) is 7.72. The van der Waals surface area contributed by atoms with Gasteiger partial charge >= 0.3 is 0 Å². The van der Waals surface area contributed by atoms with Gasteiger partial charge in [0.15, 0.2) is 5.82 Å². The third kappa shape index (κ3) is 8.96. The number of nitrogens with zero attached hydrogens (tertiary/aromatic N) is 4. The van der Waals surface area contributed by atoms with Crippen molar-refractivity contribution >= 4 is 67.7 Å². The minimum atomic E-state index is -3.52. The smallest absolute Gasteiger partial charge is 0.247 e. The van der Waals surface area contributed by atoms with Crippen molar-refractivity contribution in [2.45, 2.75) is 13.3 Å². The van der Waals surface area contributed by atoms with Crippen LogP contribution in [0, 0.1) is 0 Å². The Hall–Kier alpha value is -4.07. The highest BCUT2D eigenvalue weighted by atomic mass is 35.5. The maximum atomic E-state index is 12.4. The van der Waals surface area contributed by atoms with Crippen LogP contribution in [-0.4, -0.2) is 76.3 Å². The van der Waals surface area contributed by atoms with Crippen LogP contribution in [0.3, 0.4) is 0 Å². The zero-order valence-electron chi connectivity index (χ0n) is 24.4. The monoisotopic (exact) mass is 616 g/mol. The van der Waals surface area contributed by atoms with Gasteiger partial charge in [-0.2, -0.15) is 4.98 Å². The van der Waals surface area contributed by atoms with E-state index in [-0.39, 0.29) is 28.4 Å². The van der Waals surface area contributed by atoms with Crippen molar-refractivity contribution in [3.8, 4) is 5.75 Å². The summed E-state index contributed by atoms with van der Waals surface area (Å²) < 4.78 is 33.0. The molecule has 1 amide bonds. The molecule has 1 aromatic heterocycles. The molecule has 0 fully saturated rings. The Balaban J connectivity index is 1.95. The Kier molecular flexibility index (Phi) is 11.4. The van der Waals surface area contributed by atoms with Crippen molar-refractivity contribution in [2.24, 2.45) is 0 Å². The number of carbonyl (C=O) groups is 1. The highest BCUT2D eigenvalue weighted by Crippen LogP contribution is 2.38. The fraction of sp³-hybridized carbons (Fsp3) is 0.321. The lowest BCUT2D eigenvalue weighted by molar-refractivity contribution is -0.111. The molecule has 0 aliphatic heterocycles. The number of ether oxygens (including phenoxy) is 1. The lowest BCUT2D eigenvalue weighted by Gasteiger charge is -2.26. The van der Waals surface area contributed by atoms with Gasteiger partial charge in [-0.3, -0.25) is 9.52 Å². The molecular formula is C28H37ClN8O4S. The minimum absolute atomic E-state index is 0.00895. The molecule has 0 radical (unpaired) electrons. The topological polar surface area (TPSA) is 141 Å². The summed E-state index contributed by atoms with van der Waals surface area (Å²) in [6.45, 7) is 6.84. The molecule has 14 heteroatoms. The Morgan fingerprint density at radius 2 is 1.79 bits per heavy atom. The van der Waals surface area contributed by atoms with Crippen molar-refractivity contribution in [3.63, 3.8) is 0 Å². The lowest BCUT2D eigenvalue weighted by atomic mass is 10.2. The molecule has 1 heterocycles.